The molecule has 0 aliphatic heterocycles. The van der Waals surface area contributed by atoms with Gasteiger partial charge in [0.25, 0.3) is 0 Å². The highest BCUT2D eigenvalue weighted by molar-refractivity contribution is 6.34. The molecule has 0 saturated heterocycles. The molecule has 1 N–H and O–H groups in total. The standard InChI is InChI=1S/C17H25N3O2/c1-6-20(7-2)16(22)15(21)19-18-12-13-8-10-14(11-9-13)17(3,4)5/h8-12H,6-7H2,1-5H3,(H,19,21)/b18-12+. The zero-order valence-corrected chi connectivity index (χ0v) is 14.0. The molecule has 0 fully saturated rings. The van der Waals surface area contributed by atoms with Gasteiger partial charge in [0, 0.05) is 13.1 Å². The number of amides is 2. The lowest BCUT2D eigenvalue weighted by atomic mass is 9.87. The molecule has 0 spiro atoms. The molecule has 5 heteroatoms. The van der Waals surface area contributed by atoms with Gasteiger partial charge in [-0.3, -0.25) is 9.59 Å². The summed E-state index contributed by atoms with van der Waals surface area (Å²) in [5.74, 6) is -1.28. The summed E-state index contributed by atoms with van der Waals surface area (Å²) in [4.78, 5) is 24.9. The molecule has 0 aliphatic carbocycles. The highest BCUT2D eigenvalue weighted by Crippen LogP contribution is 2.21. The third kappa shape index (κ3) is 4.98. The minimum Gasteiger partial charge on any atom is -0.335 e. The van der Waals surface area contributed by atoms with Gasteiger partial charge in [-0.1, -0.05) is 45.0 Å². The van der Waals surface area contributed by atoms with E-state index < -0.39 is 11.8 Å². The summed E-state index contributed by atoms with van der Waals surface area (Å²) in [6.45, 7) is 11.1. The van der Waals surface area contributed by atoms with Crippen molar-refractivity contribution in [1.82, 2.24) is 10.3 Å². The van der Waals surface area contributed by atoms with E-state index in [-0.39, 0.29) is 5.41 Å². The minimum atomic E-state index is -0.716. The van der Waals surface area contributed by atoms with Crippen molar-refractivity contribution in [3.05, 3.63) is 35.4 Å². The van der Waals surface area contributed by atoms with Crippen LogP contribution in [0.25, 0.3) is 0 Å². The fraction of sp³-hybridized carbons (Fsp3) is 0.471. The molecular formula is C17H25N3O2. The highest BCUT2D eigenvalue weighted by atomic mass is 16.2. The highest BCUT2D eigenvalue weighted by Gasteiger charge is 2.18. The van der Waals surface area contributed by atoms with Crippen LogP contribution in [-0.2, 0) is 15.0 Å². The molecule has 0 heterocycles. The Morgan fingerprint density at radius 1 is 1.14 bits per heavy atom. The molecule has 0 radical (unpaired) electrons. The van der Waals surface area contributed by atoms with Crippen LogP contribution in [0.1, 0.15) is 45.7 Å². The lowest BCUT2D eigenvalue weighted by molar-refractivity contribution is -0.145. The van der Waals surface area contributed by atoms with Gasteiger partial charge in [0.1, 0.15) is 0 Å². The molecule has 22 heavy (non-hydrogen) atoms. The van der Waals surface area contributed by atoms with E-state index in [0.717, 1.165) is 5.56 Å². The van der Waals surface area contributed by atoms with Gasteiger partial charge in [0.2, 0.25) is 0 Å². The van der Waals surface area contributed by atoms with Crippen molar-refractivity contribution in [3.8, 4) is 0 Å². The zero-order chi connectivity index (χ0) is 16.8. The third-order valence-electron chi connectivity index (χ3n) is 3.40. The average molecular weight is 303 g/mol. The number of benzene rings is 1. The van der Waals surface area contributed by atoms with Crippen LogP contribution in [0.5, 0.6) is 0 Å². The number of hydrogen-bond acceptors (Lipinski definition) is 3. The van der Waals surface area contributed by atoms with Gasteiger partial charge in [0.15, 0.2) is 0 Å². The Hall–Kier alpha value is -2.17. The van der Waals surface area contributed by atoms with E-state index in [4.69, 9.17) is 0 Å². The van der Waals surface area contributed by atoms with Crippen LogP contribution in [-0.4, -0.2) is 36.0 Å². The van der Waals surface area contributed by atoms with Crippen LogP contribution in [0.4, 0.5) is 0 Å². The molecule has 0 unspecified atom stereocenters. The summed E-state index contributed by atoms with van der Waals surface area (Å²) < 4.78 is 0. The molecule has 0 saturated carbocycles. The molecule has 0 bridgehead atoms. The molecule has 120 valence electrons. The summed E-state index contributed by atoms with van der Waals surface area (Å²) in [7, 11) is 0. The fourth-order valence-electron chi connectivity index (χ4n) is 1.94. The number of hydrazone groups is 1. The third-order valence-corrected chi connectivity index (χ3v) is 3.40. The van der Waals surface area contributed by atoms with Crippen LogP contribution in [0.15, 0.2) is 29.4 Å². The molecular weight excluding hydrogens is 278 g/mol. The van der Waals surface area contributed by atoms with Crippen molar-refractivity contribution in [2.45, 2.75) is 40.0 Å². The second-order valence-electron chi connectivity index (χ2n) is 6.05. The predicted molar refractivity (Wildman–Crippen MR) is 88.8 cm³/mol. The Morgan fingerprint density at radius 3 is 2.14 bits per heavy atom. The van der Waals surface area contributed by atoms with E-state index in [1.54, 1.807) is 0 Å². The van der Waals surface area contributed by atoms with E-state index in [9.17, 15) is 9.59 Å². The molecule has 1 aromatic rings. The zero-order valence-electron chi connectivity index (χ0n) is 14.0. The van der Waals surface area contributed by atoms with Gasteiger partial charge >= 0.3 is 11.8 Å². The molecule has 5 nitrogen and oxygen atoms in total. The average Bonchev–Trinajstić information content (AvgIpc) is 2.47. The second kappa shape index (κ2) is 7.73. The first-order chi connectivity index (χ1) is 10.3. The largest absolute Gasteiger partial charge is 0.335 e. The number of likely N-dealkylation sites (N-methyl/N-ethyl adjacent to an activating group) is 1. The summed E-state index contributed by atoms with van der Waals surface area (Å²) >= 11 is 0. The van der Waals surface area contributed by atoms with Crippen molar-refractivity contribution in [3.63, 3.8) is 0 Å². The first-order valence-electron chi connectivity index (χ1n) is 7.52. The molecule has 0 aliphatic rings. The summed E-state index contributed by atoms with van der Waals surface area (Å²) in [6, 6.07) is 7.93. The van der Waals surface area contributed by atoms with E-state index in [1.165, 1.54) is 16.7 Å². The van der Waals surface area contributed by atoms with E-state index in [1.807, 2.05) is 38.1 Å². The minimum absolute atomic E-state index is 0.0973. The van der Waals surface area contributed by atoms with Crippen molar-refractivity contribution >= 4 is 18.0 Å². The van der Waals surface area contributed by atoms with Crippen molar-refractivity contribution in [2.24, 2.45) is 5.10 Å². The summed E-state index contributed by atoms with van der Waals surface area (Å²) in [6.07, 6.45) is 1.53. The maximum Gasteiger partial charge on any atom is 0.329 e. The number of nitrogens with zero attached hydrogens (tertiary/aromatic N) is 2. The molecule has 2 amide bonds. The quantitative estimate of drug-likeness (QED) is 0.527. The van der Waals surface area contributed by atoms with Crippen molar-refractivity contribution in [2.75, 3.05) is 13.1 Å². The van der Waals surface area contributed by atoms with Crippen LogP contribution in [0.2, 0.25) is 0 Å². The van der Waals surface area contributed by atoms with Crippen LogP contribution >= 0.6 is 0 Å². The van der Waals surface area contributed by atoms with Gasteiger partial charge in [-0.2, -0.15) is 5.10 Å². The van der Waals surface area contributed by atoms with Crippen molar-refractivity contribution in [1.29, 1.82) is 0 Å². The smallest absolute Gasteiger partial charge is 0.329 e. The predicted octanol–water partition coefficient (Wildman–Crippen LogP) is 2.30. The normalized spacial score (nSPS) is 11.5. The first-order valence-corrected chi connectivity index (χ1v) is 7.52. The number of hydrogen-bond donors (Lipinski definition) is 1. The van der Waals surface area contributed by atoms with E-state index in [0.29, 0.717) is 13.1 Å². The van der Waals surface area contributed by atoms with Gasteiger partial charge in [0.05, 0.1) is 6.21 Å². The number of nitrogens with one attached hydrogen (secondary N) is 1. The van der Waals surface area contributed by atoms with Crippen LogP contribution < -0.4 is 5.43 Å². The van der Waals surface area contributed by atoms with Crippen LogP contribution in [0, 0.1) is 0 Å². The van der Waals surface area contributed by atoms with Crippen molar-refractivity contribution < 1.29 is 9.59 Å². The Bertz CT molecular complexity index is 538. The van der Waals surface area contributed by atoms with Gasteiger partial charge < -0.3 is 4.90 Å². The molecule has 1 aromatic carbocycles. The molecule has 0 atom stereocenters. The molecule has 0 aromatic heterocycles. The lowest BCUT2D eigenvalue weighted by Crippen LogP contribution is -2.41. The lowest BCUT2D eigenvalue weighted by Gasteiger charge is -2.18. The van der Waals surface area contributed by atoms with Gasteiger partial charge in [-0.25, -0.2) is 5.43 Å². The Balaban J connectivity index is 2.62. The van der Waals surface area contributed by atoms with E-state index >= 15 is 0 Å². The summed E-state index contributed by atoms with van der Waals surface area (Å²) in [5.41, 5.74) is 4.45. The van der Waals surface area contributed by atoms with Crippen LogP contribution in [0.3, 0.4) is 0 Å². The number of carbonyl (C=O) groups is 2. The SMILES string of the molecule is CCN(CC)C(=O)C(=O)N/N=C/c1ccc(C(C)(C)C)cc1. The Kier molecular flexibility index (Phi) is 6.28. The summed E-state index contributed by atoms with van der Waals surface area (Å²) in [5, 5.41) is 3.83. The Morgan fingerprint density at radius 2 is 1.68 bits per heavy atom. The number of carbonyl (C=O) groups excluding carboxylic acids is 2. The maximum absolute atomic E-state index is 11.7. The topological polar surface area (TPSA) is 61.8 Å². The maximum atomic E-state index is 11.7. The Labute approximate surface area is 132 Å². The monoisotopic (exact) mass is 303 g/mol. The van der Waals surface area contributed by atoms with E-state index in [2.05, 4.69) is 31.3 Å². The van der Waals surface area contributed by atoms with Gasteiger partial charge in [-0.05, 0) is 30.4 Å². The fourth-order valence-corrected chi connectivity index (χ4v) is 1.94. The first kappa shape index (κ1) is 17.9. The second-order valence-corrected chi connectivity index (χ2v) is 6.05. The number of rotatable bonds is 4. The molecule has 1 rings (SSSR count). The van der Waals surface area contributed by atoms with Gasteiger partial charge in [-0.15, -0.1) is 0 Å².